The van der Waals surface area contributed by atoms with Crippen LogP contribution < -0.4 is 0 Å². The van der Waals surface area contributed by atoms with E-state index in [1.165, 1.54) is 15.4 Å². The summed E-state index contributed by atoms with van der Waals surface area (Å²) in [4.78, 5) is 5.83. The van der Waals surface area contributed by atoms with Crippen molar-refractivity contribution in [3.05, 3.63) is 38.5 Å². The van der Waals surface area contributed by atoms with Crippen molar-refractivity contribution in [2.75, 3.05) is 0 Å². The van der Waals surface area contributed by atoms with Crippen molar-refractivity contribution in [3.8, 4) is 0 Å². The number of aryl methyl sites for hydroxylation is 1. The van der Waals surface area contributed by atoms with Gasteiger partial charge < -0.3 is 9.55 Å². The average Bonchev–Trinajstić information content (AvgIpc) is 2.76. The highest BCUT2D eigenvalue weighted by atomic mass is 32.1. The number of hydrogen-bond acceptors (Lipinski definition) is 2. The van der Waals surface area contributed by atoms with E-state index in [1.54, 1.807) is 0 Å². The van der Waals surface area contributed by atoms with E-state index in [9.17, 15) is 0 Å². The SMILES string of the molecule is Cc1ccc(Cn2c(C(C)C)c[nH]c2=S)s1. The quantitative estimate of drug-likeness (QED) is 0.816. The molecule has 0 aliphatic heterocycles. The van der Waals surface area contributed by atoms with Crippen LogP contribution in [0.3, 0.4) is 0 Å². The topological polar surface area (TPSA) is 20.7 Å². The molecule has 0 atom stereocenters. The second kappa shape index (κ2) is 4.55. The lowest BCUT2D eigenvalue weighted by atomic mass is 10.1. The molecular weight excluding hydrogens is 236 g/mol. The van der Waals surface area contributed by atoms with Crippen molar-refractivity contribution >= 4 is 23.6 Å². The van der Waals surface area contributed by atoms with Gasteiger partial charge in [0.15, 0.2) is 4.77 Å². The highest BCUT2D eigenvalue weighted by Gasteiger charge is 2.08. The molecule has 0 aliphatic rings. The number of rotatable bonds is 3. The highest BCUT2D eigenvalue weighted by molar-refractivity contribution is 7.71. The predicted molar refractivity (Wildman–Crippen MR) is 71.9 cm³/mol. The van der Waals surface area contributed by atoms with E-state index < -0.39 is 0 Å². The molecule has 2 aromatic heterocycles. The first-order valence-electron chi connectivity index (χ1n) is 5.41. The zero-order valence-corrected chi connectivity index (χ0v) is 11.4. The fourth-order valence-electron chi connectivity index (χ4n) is 1.78. The van der Waals surface area contributed by atoms with Gasteiger partial charge in [-0.3, -0.25) is 0 Å². The fraction of sp³-hybridized carbons (Fsp3) is 0.417. The summed E-state index contributed by atoms with van der Waals surface area (Å²) in [6.07, 6.45) is 2.02. The van der Waals surface area contributed by atoms with Gasteiger partial charge in [0, 0.05) is 21.6 Å². The van der Waals surface area contributed by atoms with Gasteiger partial charge in [-0.05, 0) is 37.2 Å². The molecule has 4 heteroatoms. The molecule has 16 heavy (non-hydrogen) atoms. The molecule has 1 N–H and O–H groups in total. The Morgan fingerprint density at radius 1 is 1.44 bits per heavy atom. The molecule has 2 nitrogen and oxygen atoms in total. The summed E-state index contributed by atoms with van der Waals surface area (Å²) in [6.45, 7) is 7.39. The van der Waals surface area contributed by atoms with Crippen LogP contribution in [0.5, 0.6) is 0 Å². The maximum atomic E-state index is 5.31. The first kappa shape index (κ1) is 11.6. The molecule has 2 aromatic rings. The van der Waals surface area contributed by atoms with Gasteiger partial charge in [0.25, 0.3) is 0 Å². The van der Waals surface area contributed by atoms with Gasteiger partial charge in [-0.2, -0.15) is 0 Å². The minimum atomic E-state index is 0.494. The lowest BCUT2D eigenvalue weighted by Crippen LogP contribution is -2.04. The average molecular weight is 252 g/mol. The molecule has 0 fully saturated rings. The predicted octanol–water partition coefficient (Wildman–Crippen LogP) is 4.09. The molecule has 0 aliphatic carbocycles. The van der Waals surface area contributed by atoms with Gasteiger partial charge in [-0.1, -0.05) is 13.8 Å². The third kappa shape index (κ3) is 2.28. The summed E-state index contributed by atoms with van der Waals surface area (Å²) < 4.78 is 3.00. The minimum absolute atomic E-state index is 0.494. The number of imidazole rings is 1. The molecular formula is C12H16N2S2. The van der Waals surface area contributed by atoms with Crippen LogP contribution in [0, 0.1) is 11.7 Å². The van der Waals surface area contributed by atoms with Crippen LogP contribution in [0.4, 0.5) is 0 Å². The third-order valence-corrected chi connectivity index (χ3v) is 3.93. The zero-order valence-electron chi connectivity index (χ0n) is 9.78. The van der Waals surface area contributed by atoms with Crippen molar-refractivity contribution in [3.63, 3.8) is 0 Å². The van der Waals surface area contributed by atoms with Gasteiger partial charge in [-0.25, -0.2) is 0 Å². The molecule has 0 saturated heterocycles. The third-order valence-electron chi connectivity index (χ3n) is 2.60. The number of H-pyrrole nitrogens is 1. The Morgan fingerprint density at radius 3 is 2.75 bits per heavy atom. The van der Waals surface area contributed by atoms with Gasteiger partial charge in [-0.15, -0.1) is 11.3 Å². The number of nitrogens with one attached hydrogen (secondary N) is 1. The molecule has 0 unspecified atom stereocenters. The second-order valence-electron chi connectivity index (χ2n) is 4.27. The molecule has 0 amide bonds. The number of aromatic amines is 1. The van der Waals surface area contributed by atoms with Crippen molar-refractivity contribution in [2.45, 2.75) is 33.2 Å². The van der Waals surface area contributed by atoms with Crippen molar-refractivity contribution in [2.24, 2.45) is 0 Å². The Labute approximate surface area is 105 Å². The standard InChI is InChI=1S/C12H16N2S2/c1-8(2)11-6-13-12(15)14(11)7-10-5-4-9(3)16-10/h4-6,8H,7H2,1-3H3,(H,13,15). The van der Waals surface area contributed by atoms with Gasteiger partial charge in [0.05, 0.1) is 6.54 Å². The van der Waals surface area contributed by atoms with Crippen LogP contribution in [-0.4, -0.2) is 9.55 Å². The van der Waals surface area contributed by atoms with Crippen LogP contribution in [-0.2, 0) is 6.54 Å². The summed E-state index contributed by atoms with van der Waals surface area (Å²) in [5.74, 6) is 0.494. The number of aromatic nitrogens is 2. The fourth-order valence-corrected chi connectivity index (χ4v) is 2.88. The van der Waals surface area contributed by atoms with Crippen molar-refractivity contribution in [1.29, 1.82) is 0 Å². The zero-order chi connectivity index (χ0) is 11.7. The summed E-state index contributed by atoms with van der Waals surface area (Å²) in [5, 5.41) is 0. The maximum Gasteiger partial charge on any atom is 0.177 e. The second-order valence-corrected chi connectivity index (χ2v) is 6.03. The van der Waals surface area contributed by atoms with E-state index in [2.05, 4.69) is 42.5 Å². The normalized spacial score (nSPS) is 11.2. The van der Waals surface area contributed by atoms with E-state index in [0.717, 1.165) is 11.3 Å². The van der Waals surface area contributed by atoms with Crippen LogP contribution in [0.25, 0.3) is 0 Å². The van der Waals surface area contributed by atoms with E-state index in [1.807, 2.05) is 17.5 Å². The summed E-state index contributed by atoms with van der Waals surface area (Å²) >= 11 is 7.14. The number of nitrogens with zero attached hydrogens (tertiary/aromatic N) is 1. The Balaban J connectivity index is 2.33. The number of hydrogen-bond donors (Lipinski definition) is 1. The smallest absolute Gasteiger partial charge is 0.177 e. The van der Waals surface area contributed by atoms with Gasteiger partial charge >= 0.3 is 0 Å². The summed E-state index contributed by atoms with van der Waals surface area (Å²) in [6, 6.07) is 4.34. The molecule has 2 heterocycles. The maximum absolute atomic E-state index is 5.31. The molecule has 0 saturated carbocycles. The van der Waals surface area contributed by atoms with Crippen LogP contribution in [0.15, 0.2) is 18.3 Å². The van der Waals surface area contributed by atoms with E-state index in [4.69, 9.17) is 12.2 Å². The molecule has 86 valence electrons. The van der Waals surface area contributed by atoms with E-state index in [-0.39, 0.29) is 0 Å². The highest BCUT2D eigenvalue weighted by Crippen LogP contribution is 2.20. The largest absolute Gasteiger partial charge is 0.337 e. The molecule has 2 rings (SSSR count). The summed E-state index contributed by atoms with van der Waals surface area (Å²) in [7, 11) is 0. The van der Waals surface area contributed by atoms with Crippen molar-refractivity contribution in [1.82, 2.24) is 9.55 Å². The first-order valence-corrected chi connectivity index (χ1v) is 6.64. The van der Waals surface area contributed by atoms with Crippen LogP contribution >= 0.6 is 23.6 Å². The van der Waals surface area contributed by atoms with Crippen molar-refractivity contribution < 1.29 is 0 Å². The Hall–Kier alpha value is -0.870. The monoisotopic (exact) mass is 252 g/mol. The first-order chi connectivity index (χ1) is 7.58. The Kier molecular flexibility index (Phi) is 3.30. The van der Waals surface area contributed by atoms with Gasteiger partial charge in [0.1, 0.15) is 0 Å². The minimum Gasteiger partial charge on any atom is -0.337 e. The molecule has 0 aromatic carbocycles. The van der Waals surface area contributed by atoms with E-state index >= 15 is 0 Å². The summed E-state index contributed by atoms with van der Waals surface area (Å²) in [5.41, 5.74) is 1.27. The van der Waals surface area contributed by atoms with Gasteiger partial charge in [0.2, 0.25) is 0 Å². The Bertz CT molecular complexity index is 531. The van der Waals surface area contributed by atoms with Crippen LogP contribution in [0.2, 0.25) is 0 Å². The van der Waals surface area contributed by atoms with Crippen LogP contribution in [0.1, 0.15) is 35.2 Å². The molecule has 0 radical (unpaired) electrons. The molecule has 0 spiro atoms. The Morgan fingerprint density at radius 2 is 2.19 bits per heavy atom. The number of thiophene rings is 1. The molecule has 0 bridgehead atoms. The lowest BCUT2D eigenvalue weighted by Gasteiger charge is -2.09. The lowest BCUT2D eigenvalue weighted by molar-refractivity contribution is 0.690. The van der Waals surface area contributed by atoms with E-state index in [0.29, 0.717) is 5.92 Å².